The number of hydrogen-bond donors (Lipinski definition) is 0. The molecule has 0 radical (unpaired) electrons. The van der Waals surface area contributed by atoms with Crippen molar-refractivity contribution in [1.29, 1.82) is 0 Å². The predicted octanol–water partition coefficient (Wildman–Crippen LogP) is 3.58. The molecule has 16 heavy (non-hydrogen) atoms. The molecule has 0 saturated carbocycles. The lowest BCUT2D eigenvalue weighted by Gasteiger charge is -2.20. The van der Waals surface area contributed by atoms with Gasteiger partial charge in [-0.3, -0.25) is 0 Å². The number of rotatable bonds is 4. The van der Waals surface area contributed by atoms with Gasteiger partial charge in [0.25, 0.3) is 0 Å². The van der Waals surface area contributed by atoms with Crippen LogP contribution in [0.25, 0.3) is 0 Å². The highest BCUT2D eigenvalue weighted by atomic mass is 16.5. The van der Waals surface area contributed by atoms with Crippen LogP contribution < -0.4 is 9.47 Å². The fourth-order valence-electron chi connectivity index (χ4n) is 2.29. The van der Waals surface area contributed by atoms with Crippen LogP contribution in [0.4, 0.5) is 0 Å². The summed E-state index contributed by atoms with van der Waals surface area (Å²) in [6.45, 7) is 8.47. The van der Waals surface area contributed by atoms with Crippen molar-refractivity contribution in [3.05, 3.63) is 22.3 Å². The van der Waals surface area contributed by atoms with Gasteiger partial charge in [0.05, 0.1) is 14.2 Å². The van der Waals surface area contributed by atoms with E-state index in [4.69, 9.17) is 9.47 Å². The molecule has 0 aliphatic heterocycles. The standard InChI is InChI=1S/C14H22O2/c1-7-8-12-11(4)13(15-5)9(2)10(3)14(12)16-6/h7-8H2,1-6H3. The van der Waals surface area contributed by atoms with Crippen molar-refractivity contribution in [1.82, 2.24) is 0 Å². The zero-order valence-corrected chi connectivity index (χ0v) is 11.2. The lowest BCUT2D eigenvalue weighted by atomic mass is 9.95. The zero-order chi connectivity index (χ0) is 12.3. The van der Waals surface area contributed by atoms with E-state index in [1.54, 1.807) is 14.2 Å². The summed E-state index contributed by atoms with van der Waals surface area (Å²) in [6.07, 6.45) is 2.15. The third kappa shape index (κ3) is 2.01. The maximum atomic E-state index is 5.53. The Morgan fingerprint density at radius 2 is 1.31 bits per heavy atom. The molecule has 1 rings (SSSR count). The van der Waals surface area contributed by atoms with Crippen LogP contribution in [0.2, 0.25) is 0 Å². The van der Waals surface area contributed by atoms with Crippen LogP contribution in [0.1, 0.15) is 35.6 Å². The monoisotopic (exact) mass is 222 g/mol. The Balaban J connectivity index is 3.50. The molecule has 1 aromatic carbocycles. The highest BCUT2D eigenvalue weighted by Gasteiger charge is 2.17. The summed E-state index contributed by atoms with van der Waals surface area (Å²) < 4.78 is 11.0. The van der Waals surface area contributed by atoms with Crippen molar-refractivity contribution in [2.45, 2.75) is 40.5 Å². The second-order valence-electron chi connectivity index (χ2n) is 4.17. The Hall–Kier alpha value is -1.18. The average molecular weight is 222 g/mol. The van der Waals surface area contributed by atoms with Gasteiger partial charge in [-0.15, -0.1) is 0 Å². The molecule has 0 N–H and O–H groups in total. The summed E-state index contributed by atoms with van der Waals surface area (Å²) in [4.78, 5) is 0. The van der Waals surface area contributed by atoms with E-state index in [9.17, 15) is 0 Å². The molecule has 1 aromatic rings. The van der Waals surface area contributed by atoms with Gasteiger partial charge in [0, 0.05) is 5.56 Å². The van der Waals surface area contributed by atoms with Crippen LogP contribution in [0.15, 0.2) is 0 Å². The van der Waals surface area contributed by atoms with Crippen molar-refractivity contribution in [3.8, 4) is 11.5 Å². The second-order valence-corrected chi connectivity index (χ2v) is 4.17. The Morgan fingerprint density at radius 3 is 1.75 bits per heavy atom. The lowest BCUT2D eigenvalue weighted by molar-refractivity contribution is 0.390. The number of benzene rings is 1. The van der Waals surface area contributed by atoms with E-state index in [1.807, 2.05) is 0 Å². The highest BCUT2D eigenvalue weighted by molar-refractivity contribution is 5.58. The van der Waals surface area contributed by atoms with Crippen molar-refractivity contribution >= 4 is 0 Å². The SMILES string of the molecule is CCCc1c(C)c(OC)c(C)c(C)c1OC. The summed E-state index contributed by atoms with van der Waals surface area (Å²) in [7, 11) is 3.48. The molecule has 0 spiro atoms. The smallest absolute Gasteiger partial charge is 0.125 e. The molecular formula is C14H22O2. The van der Waals surface area contributed by atoms with Gasteiger partial charge in [-0.05, 0) is 43.9 Å². The fourth-order valence-corrected chi connectivity index (χ4v) is 2.29. The summed E-state index contributed by atoms with van der Waals surface area (Å²) in [6, 6.07) is 0. The minimum absolute atomic E-state index is 1.00. The Labute approximate surface area is 98.6 Å². The lowest BCUT2D eigenvalue weighted by Crippen LogP contribution is -2.03. The molecular weight excluding hydrogens is 200 g/mol. The molecule has 2 nitrogen and oxygen atoms in total. The minimum atomic E-state index is 1.00. The van der Waals surface area contributed by atoms with Gasteiger partial charge in [0.15, 0.2) is 0 Å². The van der Waals surface area contributed by atoms with Crippen LogP contribution in [0.3, 0.4) is 0 Å². The highest BCUT2D eigenvalue weighted by Crippen LogP contribution is 2.37. The summed E-state index contributed by atoms with van der Waals surface area (Å²) in [5.41, 5.74) is 4.86. The molecule has 90 valence electrons. The van der Waals surface area contributed by atoms with E-state index in [1.165, 1.54) is 22.3 Å². The molecule has 0 aliphatic carbocycles. The second kappa shape index (κ2) is 5.24. The first-order valence-electron chi connectivity index (χ1n) is 5.79. The fraction of sp³-hybridized carbons (Fsp3) is 0.571. The molecule has 0 aromatic heterocycles. The quantitative estimate of drug-likeness (QED) is 0.775. The first kappa shape index (κ1) is 12.9. The molecule has 0 saturated heterocycles. The Bertz CT molecular complexity index is 381. The van der Waals surface area contributed by atoms with Crippen LogP contribution in [-0.4, -0.2) is 14.2 Å². The van der Waals surface area contributed by atoms with Crippen LogP contribution in [0, 0.1) is 20.8 Å². The van der Waals surface area contributed by atoms with Crippen LogP contribution in [0.5, 0.6) is 11.5 Å². The predicted molar refractivity (Wildman–Crippen MR) is 67.8 cm³/mol. The largest absolute Gasteiger partial charge is 0.496 e. The van der Waals surface area contributed by atoms with Gasteiger partial charge in [0.1, 0.15) is 11.5 Å². The molecule has 0 unspecified atom stereocenters. The number of methoxy groups -OCH3 is 2. The molecule has 0 aliphatic rings. The van der Waals surface area contributed by atoms with Gasteiger partial charge in [-0.25, -0.2) is 0 Å². The number of ether oxygens (including phenoxy) is 2. The maximum Gasteiger partial charge on any atom is 0.125 e. The first-order valence-corrected chi connectivity index (χ1v) is 5.79. The van der Waals surface area contributed by atoms with E-state index >= 15 is 0 Å². The Kier molecular flexibility index (Phi) is 4.22. The maximum absolute atomic E-state index is 5.53. The van der Waals surface area contributed by atoms with E-state index in [-0.39, 0.29) is 0 Å². The van der Waals surface area contributed by atoms with Crippen molar-refractivity contribution in [2.24, 2.45) is 0 Å². The van der Waals surface area contributed by atoms with E-state index in [0.29, 0.717) is 0 Å². The third-order valence-electron chi connectivity index (χ3n) is 3.22. The third-order valence-corrected chi connectivity index (χ3v) is 3.22. The molecule has 0 amide bonds. The van der Waals surface area contributed by atoms with E-state index < -0.39 is 0 Å². The van der Waals surface area contributed by atoms with E-state index in [0.717, 1.165) is 24.3 Å². The summed E-state index contributed by atoms with van der Waals surface area (Å²) in [5.74, 6) is 2.03. The number of hydrogen-bond acceptors (Lipinski definition) is 2. The first-order chi connectivity index (χ1) is 7.58. The molecule has 0 heterocycles. The molecule has 2 heteroatoms. The van der Waals surface area contributed by atoms with Gasteiger partial charge in [0.2, 0.25) is 0 Å². The van der Waals surface area contributed by atoms with Gasteiger partial charge in [-0.1, -0.05) is 13.3 Å². The molecule has 0 fully saturated rings. The van der Waals surface area contributed by atoms with Gasteiger partial charge < -0.3 is 9.47 Å². The average Bonchev–Trinajstić information content (AvgIpc) is 2.27. The van der Waals surface area contributed by atoms with Crippen molar-refractivity contribution < 1.29 is 9.47 Å². The Morgan fingerprint density at radius 1 is 0.812 bits per heavy atom. The summed E-state index contributed by atoms with van der Waals surface area (Å²) in [5, 5.41) is 0. The molecule has 0 atom stereocenters. The van der Waals surface area contributed by atoms with Crippen LogP contribution >= 0.6 is 0 Å². The zero-order valence-electron chi connectivity index (χ0n) is 11.2. The van der Waals surface area contributed by atoms with Crippen LogP contribution in [-0.2, 0) is 6.42 Å². The topological polar surface area (TPSA) is 18.5 Å². The van der Waals surface area contributed by atoms with Crippen molar-refractivity contribution in [2.75, 3.05) is 14.2 Å². The molecule has 0 bridgehead atoms. The van der Waals surface area contributed by atoms with Gasteiger partial charge in [-0.2, -0.15) is 0 Å². The van der Waals surface area contributed by atoms with Gasteiger partial charge >= 0.3 is 0 Å². The minimum Gasteiger partial charge on any atom is -0.496 e. The normalized spacial score (nSPS) is 10.4. The van der Waals surface area contributed by atoms with Crippen molar-refractivity contribution in [3.63, 3.8) is 0 Å². The van der Waals surface area contributed by atoms with E-state index in [2.05, 4.69) is 27.7 Å². The summed E-state index contributed by atoms with van der Waals surface area (Å²) >= 11 is 0.